The summed E-state index contributed by atoms with van der Waals surface area (Å²) in [6.07, 6.45) is 18.8. The molecule has 1 fully saturated rings. The summed E-state index contributed by atoms with van der Waals surface area (Å²) in [5, 5.41) is 0. The van der Waals surface area contributed by atoms with Crippen molar-refractivity contribution < 1.29 is 21.7 Å². The van der Waals surface area contributed by atoms with E-state index >= 15 is 0 Å². The van der Waals surface area contributed by atoms with Crippen LogP contribution >= 0.6 is 0 Å². The molecule has 0 amide bonds. The predicted octanol–water partition coefficient (Wildman–Crippen LogP) is 9.31. The van der Waals surface area contributed by atoms with Crippen LogP contribution in [-0.4, -0.2) is 29.9 Å². The summed E-state index contributed by atoms with van der Waals surface area (Å²) in [6.45, 7) is 32.8. The van der Waals surface area contributed by atoms with Gasteiger partial charge in [0.25, 0.3) is 0 Å². The van der Waals surface area contributed by atoms with Gasteiger partial charge in [0, 0.05) is 0 Å². The molecule has 0 spiro atoms. The van der Waals surface area contributed by atoms with Crippen LogP contribution in [0.5, 0.6) is 0 Å². The maximum absolute atomic E-state index is 5.33. The molecule has 0 bridgehead atoms. The summed E-state index contributed by atoms with van der Waals surface area (Å²) in [5.41, 5.74) is 0.792. The maximum atomic E-state index is 5.33. The molecule has 5 heteroatoms. The van der Waals surface area contributed by atoms with Crippen molar-refractivity contribution in [2.24, 2.45) is 23.7 Å². The Morgan fingerprint density at radius 2 is 0.848 bits per heavy atom. The minimum Gasteiger partial charge on any atom is -0.660 e. The molecule has 0 radical (unpaired) electrons. The predicted molar refractivity (Wildman–Crippen MR) is 159 cm³/mol. The molecular formula is C28H53NSi3Ti. The number of nitrogens with zero attached hydrogens (tertiary/aromatic N) is 1. The molecule has 0 saturated heterocycles. The quantitative estimate of drug-likeness (QED) is 0.247. The van der Waals surface area contributed by atoms with Crippen LogP contribution in [0, 0.1) is 44.2 Å². The van der Waals surface area contributed by atoms with Crippen molar-refractivity contribution in [1.29, 1.82) is 0 Å². The molecule has 3 aliphatic rings. The molecule has 3 rings (SSSR count). The first-order valence-electron chi connectivity index (χ1n) is 11.9. The fraction of sp³-hybridized carbons (Fsp3) is 0.607. The number of allylic oxidation sites excluding steroid dienone is 8. The van der Waals surface area contributed by atoms with Crippen molar-refractivity contribution in [3.05, 3.63) is 74.1 Å². The van der Waals surface area contributed by atoms with Crippen LogP contribution < -0.4 is 0 Å². The van der Waals surface area contributed by atoms with E-state index in [-0.39, 0.29) is 34.7 Å². The SMILES string of the molecule is CC(C)(C)[N-][Si](C)(C)C1C2C=CC=CC2C2C=CC=CC21.[CH2-][Si](C)(C)C.[CH2-][Si](C)(C)C.[CH3-].[Ti+4]. The Balaban J connectivity index is 0. The molecule has 0 N–H and O–H groups in total. The monoisotopic (exact) mass is 535 g/mol. The van der Waals surface area contributed by atoms with Crippen LogP contribution in [0.4, 0.5) is 0 Å². The standard InChI is InChI=1S/C19H28NSi.2C4H11Si.CH3.Ti/c1-19(2,3)20-21(4,5)18-16-12-8-6-10-14(16)15-11-7-9-13-17(15)18;2*1-5(2,3)4;;/h6-18H,1-5H3;2*1H2,2-4H3;1H3;/q4*-1;+4. The molecule has 0 heterocycles. The van der Waals surface area contributed by atoms with Crippen molar-refractivity contribution in [3.8, 4) is 0 Å². The smallest absolute Gasteiger partial charge is 0.660 e. The second-order valence-electron chi connectivity index (χ2n) is 13.4. The summed E-state index contributed by atoms with van der Waals surface area (Å²) >= 11 is 0. The summed E-state index contributed by atoms with van der Waals surface area (Å²) in [4.78, 5) is 5.33. The molecule has 4 atom stereocenters. The Kier molecular flexibility index (Phi) is 14.6. The van der Waals surface area contributed by atoms with E-state index in [4.69, 9.17) is 4.98 Å². The van der Waals surface area contributed by atoms with Crippen LogP contribution in [0.25, 0.3) is 4.98 Å². The zero-order chi connectivity index (χ0) is 24.3. The molecule has 33 heavy (non-hydrogen) atoms. The Labute approximate surface area is 227 Å². The second-order valence-corrected chi connectivity index (χ2v) is 27.9. The van der Waals surface area contributed by atoms with Gasteiger partial charge in [-0.15, -0.1) is 21.7 Å². The van der Waals surface area contributed by atoms with Gasteiger partial charge in [-0.05, 0) is 23.7 Å². The fourth-order valence-electron chi connectivity index (χ4n) is 4.91. The Morgan fingerprint density at radius 1 is 0.606 bits per heavy atom. The number of hydrogen-bond donors (Lipinski definition) is 0. The fourth-order valence-corrected chi connectivity index (χ4v) is 9.34. The zero-order valence-electron chi connectivity index (χ0n) is 23.9. The van der Waals surface area contributed by atoms with Crippen molar-refractivity contribution >= 4 is 24.4 Å². The Morgan fingerprint density at radius 3 is 1.09 bits per heavy atom. The molecule has 3 aliphatic carbocycles. The first-order valence-corrected chi connectivity index (χ1v) is 22.4. The van der Waals surface area contributed by atoms with Gasteiger partial charge in [0.05, 0.1) is 0 Å². The number of hydrogen-bond acceptors (Lipinski definition) is 0. The van der Waals surface area contributed by atoms with Crippen LogP contribution in [0.2, 0.25) is 57.9 Å². The normalized spacial score (nSPS) is 27.6. The van der Waals surface area contributed by atoms with E-state index in [0.717, 1.165) is 0 Å². The van der Waals surface area contributed by atoms with Crippen LogP contribution in [0.3, 0.4) is 0 Å². The van der Waals surface area contributed by atoms with Gasteiger partial charge >= 0.3 is 21.7 Å². The second kappa shape index (κ2) is 13.6. The van der Waals surface area contributed by atoms with Crippen molar-refractivity contribution in [3.63, 3.8) is 0 Å². The van der Waals surface area contributed by atoms with Crippen molar-refractivity contribution in [2.75, 3.05) is 0 Å². The molecule has 186 valence electrons. The third kappa shape index (κ3) is 13.8. The van der Waals surface area contributed by atoms with E-state index in [1.165, 1.54) is 0 Å². The van der Waals surface area contributed by atoms with Gasteiger partial charge in [0.1, 0.15) is 0 Å². The van der Waals surface area contributed by atoms with Crippen LogP contribution in [-0.2, 0) is 21.7 Å². The summed E-state index contributed by atoms with van der Waals surface area (Å²) in [5.74, 6) is 2.69. The minimum absolute atomic E-state index is 0. The topological polar surface area (TPSA) is 14.1 Å². The van der Waals surface area contributed by atoms with Gasteiger partial charge in [-0.1, -0.05) is 136 Å². The van der Waals surface area contributed by atoms with Crippen LogP contribution in [0.1, 0.15) is 20.8 Å². The number of rotatable bonds is 2. The van der Waals surface area contributed by atoms with E-state index in [2.05, 4.69) is 135 Å². The van der Waals surface area contributed by atoms with E-state index in [0.29, 0.717) is 29.2 Å². The molecule has 0 aromatic heterocycles. The average Bonchev–Trinajstić information content (AvgIpc) is 2.84. The number of fused-ring (bicyclic) bond motifs is 3. The molecule has 1 saturated carbocycles. The minimum atomic E-state index is -1.67. The van der Waals surface area contributed by atoms with E-state index < -0.39 is 24.4 Å². The van der Waals surface area contributed by atoms with Crippen molar-refractivity contribution in [1.82, 2.24) is 0 Å². The largest absolute Gasteiger partial charge is 4.00 e. The molecule has 4 unspecified atom stereocenters. The summed E-state index contributed by atoms with van der Waals surface area (Å²) < 4.78 is 0. The zero-order valence-corrected chi connectivity index (χ0v) is 28.4. The molecule has 0 aromatic rings. The van der Waals surface area contributed by atoms with E-state index in [1.807, 2.05) is 0 Å². The first-order chi connectivity index (χ1) is 13.8. The molecule has 0 aromatic carbocycles. The average molecular weight is 536 g/mol. The maximum Gasteiger partial charge on any atom is 4.00 e. The summed E-state index contributed by atoms with van der Waals surface area (Å²) in [7, 11) is -3.39. The van der Waals surface area contributed by atoms with E-state index in [1.54, 1.807) is 0 Å². The third-order valence-electron chi connectivity index (χ3n) is 5.16. The first kappa shape index (κ1) is 35.4. The van der Waals surface area contributed by atoms with Crippen LogP contribution in [0.15, 0.2) is 48.6 Å². The Hall–Kier alpha value is 0.285. The molecule has 0 aliphatic heterocycles. The van der Waals surface area contributed by atoms with Gasteiger partial charge in [-0.25, -0.2) is 0 Å². The van der Waals surface area contributed by atoms with Gasteiger partial charge in [-0.2, -0.15) is 0 Å². The van der Waals surface area contributed by atoms with Gasteiger partial charge < -0.3 is 25.5 Å². The Bertz CT molecular complexity index is 629. The molecule has 1 nitrogen and oxygen atoms in total. The third-order valence-corrected chi connectivity index (χ3v) is 8.81. The van der Waals surface area contributed by atoms with Gasteiger partial charge in [0.2, 0.25) is 0 Å². The van der Waals surface area contributed by atoms with Crippen molar-refractivity contribution in [2.45, 2.75) is 84.2 Å². The summed E-state index contributed by atoms with van der Waals surface area (Å²) in [6, 6.07) is 0. The molecular weight excluding hydrogens is 482 g/mol. The van der Waals surface area contributed by atoms with Gasteiger partial charge in [-0.3, -0.25) is 0 Å². The van der Waals surface area contributed by atoms with E-state index in [9.17, 15) is 0 Å². The van der Waals surface area contributed by atoms with Gasteiger partial charge in [0.15, 0.2) is 0 Å².